The van der Waals surface area contributed by atoms with Gasteiger partial charge in [-0.1, -0.05) is 12.1 Å². The first-order chi connectivity index (χ1) is 7.40. The first-order valence-electron chi connectivity index (χ1n) is 5.13. The molecule has 0 heterocycles. The van der Waals surface area contributed by atoms with Crippen molar-refractivity contribution in [2.45, 2.75) is 25.8 Å². The van der Waals surface area contributed by atoms with E-state index < -0.39 is 17.2 Å². The largest absolute Gasteiger partial charge is 0.385 e. The number of hydrogen-bond donors (Lipinski definition) is 1. The molecule has 0 radical (unpaired) electrons. The lowest BCUT2D eigenvalue weighted by molar-refractivity contribution is 0.170. The molecule has 0 aliphatic carbocycles. The Balaban J connectivity index is 3.08. The van der Waals surface area contributed by atoms with Crippen molar-refractivity contribution in [1.29, 1.82) is 0 Å². The van der Waals surface area contributed by atoms with E-state index >= 15 is 0 Å². The zero-order valence-corrected chi connectivity index (χ0v) is 9.81. The lowest BCUT2D eigenvalue weighted by Gasteiger charge is -2.25. The van der Waals surface area contributed by atoms with E-state index in [4.69, 9.17) is 10.5 Å². The van der Waals surface area contributed by atoms with Crippen molar-refractivity contribution in [1.82, 2.24) is 0 Å². The summed E-state index contributed by atoms with van der Waals surface area (Å²) in [7, 11) is 1.54. The third-order valence-corrected chi connectivity index (χ3v) is 2.72. The highest BCUT2D eigenvalue weighted by molar-refractivity contribution is 5.30. The van der Waals surface area contributed by atoms with Crippen molar-refractivity contribution in [3.8, 4) is 0 Å². The van der Waals surface area contributed by atoms with E-state index in [1.165, 1.54) is 19.1 Å². The number of halogens is 2. The van der Waals surface area contributed by atoms with Gasteiger partial charge in [-0.2, -0.15) is 0 Å². The second-order valence-corrected chi connectivity index (χ2v) is 4.22. The van der Waals surface area contributed by atoms with Crippen molar-refractivity contribution in [3.05, 3.63) is 34.9 Å². The summed E-state index contributed by atoms with van der Waals surface area (Å²) >= 11 is 0. The van der Waals surface area contributed by atoms with Gasteiger partial charge in [0.15, 0.2) is 11.6 Å². The summed E-state index contributed by atoms with van der Waals surface area (Å²) in [6, 6.07) is 3.06. The molecular formula is C12H17F2NO. The summed E-state index contributed by atoms with van der Waals surface area (Å²) in [6.07, 6.45) is 0.433. The first kappa shape index (κ1) is 13.1. The van der Waals surface area contributed by atoms with Gasteiger partial charge in [0.2, 0.25) is 0 Å². The Hall–Kier alpha value is -1.00. The molecule has 1 aromatic rings. The van der Waals surface area contributed by atoms with Crippen LogP contribution in [0, 0.1) is 18.6 Å². The van der Waals surface area contributed by atoms with E-state index in [0.717, 1.165) is 0 Å². The van der Waals surface area contributed by atoms with Gasteiger partial charge in [0.05, 0.1) is 0 Å². The lowest BCUT2D eigenvalue weighted by Crippen LogP contribution is -2.35. The molecular weight excluding hydrogens is 212 g/mol. The van der Waals surface area contributed by atoms with Gasteiger partial charge >= 0.3 is 0 Å². The van der Waals surface area contributed by atoms with Crippen LogP contribution >= 0.6 is 0 Å². The fraction of sp³-hybridized carbons (Fsp3) is 0.500. The number of methoxy groups -OCH3 is 1. The van der Waals surface area contributed by atoms with Gasteiger partial charge in [-0.25, -0.2) is 8.78 Å². The molecule has 1 rings (SSSR count). The molecule has 0 aliphatic rings. The van der Waals surface area contributed by atoms with Gasteiger partial charge in [0.1, 0.15) is 0 Å². The van der Waals surface area contributed by atoms with Gasteiger partial charge in [-0.3, -0.25) is 0 Å². The molecule has 90 valence electrons. The van der Waals surface area contributed by atoms with Crippen LogP contribution < -0.4 is 5.73 Å². The highest BCUT2D eigenvalue weighted by Crippen LogP contribution is 2.27. The average Bonchev–Trinajstić information content (AvgIpc) is 2.23. The van der Waals surface area contributed by atoms with Crippen LogP contribution in [0.2, 0.25) is 0 Å². The number of nitrogens with two attached hydrogens (primary N) is 1. The highest BCUT2D eigenvalue weighted by atomic mass is 19.2. The summed E-state index contributed by atoms with van der Waals surface area (Å²) in [5.74, 6) is -1.69. The fourth-order valence-electron chi connectivity index (χ4n) is 1.54. The molecule has 2 nitrogen and oxygen atoms in total. The Kier molecular flexibility index (Phi) is 3.99. The molecule has 2 N–H and O–H groups in total. The Labute approximate surface area is 94.4 Å². The number of benzene rings is 1. The molecule has 0 amide bonds. The smallest absolute Gasteiger partial charge is 0.164 e. The molecule has 4 heteroatoms. The number of rotatable bonds is 4. The predicted octanol–water partition coefficient (Wildman–Crippen LogP) is 2.48. The third-order valence-electron chi connectivity index (χ3n) is 2.72. The van der Waals surface area contributed by atoms with E-state index in [9.17, 15) is 8.78 Å². The summed E-state index contributed by atoms with van der Waals surface area (Å²) in [5, 5.41) is 0. The van der Waals surface area contributed by atoms with Gasteiger partial charge in [-0.05, 0) is 25.8 Å². The minimum absolute atomic E-state index is 0.188. The Morgan fingerprint density at radius 1 is 1.31 bits per heavy atom. The van der Waals surface area contributed by atoms with E-state index in [1.54, 1.807) is 14.0 Å². The maximum atomic E-state index is 13.7. The van der Waals surface area contributed by atoms with Crippen LogP contribution in [0.15, 0.2) is 12.1 Å². The highest BCUT2D eigenvalue weighted by Gasteiger charge is 2.26. The second kappa shape index (κ2) is 4.89. The zero-order valence-electron chi connectivity index (χ0n) is 9.81. The molecule has 1 aromatic carbocycles. The Bertz CT molecular complexity index is 378. The van der Waals surface area contributed by atoms with Crippen LogP contribution in [-0.2, 0) is 10.3 Å². The molecule has 0 fully saturated rings. The molecule has 0 saturated heterocycles. The zero-order chi connectivity index (χ0) is 12.3. The quantitative estimate of drug-likeness (QED) is 0.860. The van der Waals surface area contributed by atoms with E-state index in [-0.39, 0.29) is 11.1 Å². The van der Waals surface area contributed by atoms with Crippen molar-refractivity contribution < 1.29 is 13.5 Å². The van der Waals surface area contributed by atoms with Crippen LogP contribution in [0.3, 0.4) is 0 Å². The fourth-order valence-corrected chi connectivity index (χ4v) is 1.54. The van der Waals surface area contributed by atoms with Gasteiger partial charge in [0.25, 0.3) is 0 Å². The molecule has 0 aliphatic heterocycles. The maximum Gasteiger partial charge on any atom is 0.164 e. The molecule has 16 heavy (non-hydrogen) atoms. The molecule has 1 atom stereocenters. The monoisotopic (exact) mass is 229 g/mol. The topological polar surface area (TPSA) is 35.2 Å². The molecule has 0 spiro atoms. The van der Waals surface area contributed by atoms with Crippen LogP contribution in [0.1, 0.15) is 24.5 Å². The van der Waals surface area contributed by atoms with Crippen molar-refractivity contribution in [2.24, 2.45) is 5.73 Å². The first-order valence-corrected chi connectivity index (χ1v) is 5.13. The van der Waals surface area contributed by atoms with Crippen LogP contribution in [0.25, 0.3) is 0 Å². The molecule has 0 aromatic heterocycles. The molecule has 1 unspecified atom stereocenters. The Morgan fingerprint density at radius 3 is 2.50 bits per heavy atom. The van der Waals surface area contributed by atoms with Crippen molar-refractivity contribution in [2.75, 3.05) is 13.7 Å². The molecule has 0 bridgehead atoms. The summed E-state index contributed by atoms with van der Waals surface area (Å²) < 4.78 is 32.0. The standard InChI is InChI=1S/C12H17F2NO/c1-8-4-5-9(11(14)10(8)13)12(2,15)6-7-16-3/h4-5H,6-7,15H2,1-3H3. The molecule has 0 saturated carbocycles. The van der Waals surface area contributed by atoms with Crippen molar-refractivity contribution in [3.63, 3.8) is 0 Å². The minimum Gasteiger partial charge on any atom is -0.385 e. The summed E-state index contributed by atoms with van der Waals surface area (Å²) in [5.41, 5.74) is 5.50. The SMILES string of the molecule is COCCC(C)(N)c1ccc(C)c(F)c1F. The minimum atomic E-state index is -0.922. The van der Waals surface area contributed by atoms with Crippen LogP contribution in [0.5, 0.6) is 0 Å². The van der Waals surface area contributed by atoms with Gasteiger partial charge in [0, 0.05) is 24.8 Å². The van der Waals surface area contributed by atoms with Gasteiger partial charge < -0.3 is 10.5 Å². The summed E-state index contributed by atoms with van der Waals surface area (Å²) in [4.78, 5) is 0. The van der Waals surface area contributed by atoms with Crippen molar-refractivity contribution >= 4 is 0 Å². The third kappa shape index (κ3) is 2.57. The predicted molar refractivity (Wildman–Crippen MR) is 59.1 cm³/mol. The second-order valence-electron chi connectivity index (χ2n) is 4.22. The lowest BCUT2D eigenvalue weighted by atomic mass is 9.89. The normalized spacial score (nSPS) is 14.9. The Morgan fingerprint density at radius 2 is 1.94 bits per heavy atom. The number of aryl methyl sites for hydroxylation is 1. The van der Waals surface area contributed by atoms with E-state index in [2.05, 4.69) is 0 Å². The van der Waals surface area contributed by atoms with Crippen LogP contribution in [0.4, 0.5) is 8.78 Å². The number of hydrogen-bond acceptors (Lipinski definition) is 2. The summed E-state index contributed by atoms with van der Waals surface area (Å²) in [6.45, 7) is 3.59. The van der Waals surface area contributed by atoms with Gasteiger partial charge in [-0.15, -0.1) is 0 Å². The maximum absolute atomic E-state index is 13.7. The number of ether oxygens (including phenoxy) is 1. The van der Waals surface area contributed by atoms with E-state index in [0.29, 0.717) is 13.0 Å². The van der Waals surface area contributed by atoms with Crippen LogP contribution in [-0.4, -0.2) is 13.7 Å². The average molecular weight is 229 g/mol. The van der Waals surface area contributed by atoms with E-state index in [1.807, 2.05) is 0 Å².